The van der Waals surface area contributed by atoms with Gasteiger partial charge in [0.15, 0.2) is 0 Å². The summed E-state index contributed by atoms with van der Waals surface area (Å²) in [7, 11) is 0. The van der Waals surface area contributed by atoms with Crippen LogP contribution in [0, 0.1) is 6.92 Å². The Kier molecular flexibility index (Phi) is 7.61. The lowest BCUT2D eigenvalue weighted by Crippen LogP contribution is -2.46. The molecular formula is C16H26N2O3. The minimum absolute atomic E-state index is 0.0546. The fourth-order valence-electron chi connectivity index (χ4n) is 1.87. The van der Waals surface area contributed by atoms with Crippen LogP contribution in [-0.2, 0) is 0 Å². The summed E-state index contributed by atoms with van der Waals surface area (Å²) in [6.07, 6.45) is 1.42. The summed E-state index contributed by atoms with van der Waals surface area (Å²) in [6.45, 7) is 6.32. The quantitative estimate of drug-likeness (QED) is 0.688. The fraction of sp³-hybridized carbons (Fsp3) is 0.562. The van der Waals surface area contributed by atoms with Crippen LogP contribution >= 0.6 is 0 Å². The predicted octanol–water partition coefficient (Wildman–Crippen LogP) is 2.22. The molecule has 0 saturated heterocycles. The number of carbonyl (C=O) groups excluding carboxylic acids is 1. The summed E-state index contributed by atoms with van der Waals surface area (Å²) in [5.41, 5.74) is 1.14. The predicted molar refractivity (Wildman–Crippen MR) is 83.6 cm³/mol. The normalized spacial score (nSPS) is 13.3. The zero-order valence-corrected chi connectivity index (χ0v) is 13.1. The second-order valence-corrected chi connectivity index (χ2v) is 5.11. The summed E-state index contributed by atoms with van der Waals surface area (Å²) in [5.74, 6) is 0.811. The molecule has 1 rings (SSSR count). The molecule has 2 atom stereocenters. The fourth-order valence-corrected chi connectivity index (χ4v) is 1.87. The Morgan fingerprint density at radius 3 is 2.67 bits per heavy atom. The molecule has 0 spiro atoms. The summed E-state index contributed by atoms with van der Waals surface area (Å²) in [5, 5.41) is 14.5. The van der Waals surface area contributed by atoms with E-state index in [1.165, 1.54) is 0 Å². The Morgan fingerprint density at radius 2 is 2.10 bits per heavy atom. The number of ether oxygens (including phenoxy) is 1. The molecule has 1 aromatic carbocycles. The van der Waals surface area contributed by atoms with Crippen LogP contribution in [0.3, 0.4) is 0 Å². The number of carbonyl (C=O) groups is 1. The maximum atomic E-state index is 11.7. The van der Waals surface area contributed by atoms with E-state index in [0.717, 1.165) is 17.7 Å². The Bertz CT molecular complexity index is 433. The van der Waals surface area contributed by atoms with Gasteiger partial charge in [0.05, 0.1) is 19.2 Å². The summed E-state index contributed by atoms with van der Waals surface area (Å²) >= 11 is 0. The van der Waals surface area contributed by atoms with Gasteiger partial charge in [0.25, 0.3) is 0 Å². The Labute approximate surface area is 126 Å². The highest BCUT2D eigenvalue weighted by molar-refractivity contribution is 5.74. The molecule has 0 saturated carbocycles. The van der Waals surface area contributed by atoms with Crippen molar-refractivity contribution in [2.75, 3.05) is 13.2 Å². The van der Waals surface area contributed by atoms with Crippen molar-refractivity contribution in [1.29, 1.82) is 0 Å². The highest BCUT2D eigenvalue weighted by atomic mass is 16.5. The number of amides is 2. The van der Waals surface area contributed by atoms with E-state index in [4.69, 9.17) is 9.84 Å². The van der Waals surface area contributed by atoms with Crippen molar-refractivity contribution in [2.45, 2.75) is 45.8 Å². The standard InChI is InChI=1S/C16H26N2O3/c1-4-13(11-19)18-16(20)17-10-14(5-2)21-15-8-6-7-12(3)9-15/h6-9,13-14,19H,4-5,10-11H2,1-3H3,(H2,17,18,20). The average molecular weight is 294 g/mol. The molecule has 0 aliphatic heterocycles. The molecule has 1 aromatic rings. The number of urea groups is 1. The topological polar surface area (TPSA) is 70.6 Å². The number of hydrogen-bond donors (Lipinski definition) is 3. The third kappa shape index (κ3) is 6.49. The van der Waals surface area contributed by atoms with Crippen molar-refractivity contribution in [3.63, 3.8) is 0 Å². The monoisotopic (exact) mass is 294 g/mol. The van der Waals surface area contributed by atoms with Crippen LogP contribution in [0.15, 0.2) is 24.3 Å². The summed E-state index contributed by atoms with van der Waals surface area (Å²) in [4.78, 5) is 11.7. The maximum Gasteiger partial charge on any atom is 0.315 e. The number of aliphatic hydroxyl groups excluding tert-OH is 1. The van der Waals surface area contributed by atoms with Crippen molar-refractivity contribution in [3.05, 3.63) is 29.8 Å². The van der Waals surface area contributed by atoms with Gasteiger partial charge in [-0.2, -0.15) is 0 Å². The van der Waals surface area contributed by atoms with Crippen LogP contribution in [0.4, 0.5) is 4.79 Å². The van der Waals surface area contributed by atoms with Crippen molar-refractivity contribution in [1.82, 2.24) is 10.6 Å². The van der Waals surface area contributed by atoms with Gasteiger partial charge in [0.1, 0.15) is 11.9 Å². The van der Waals surface area contributed by atoms with Crippen LogP contribution in [0.1, 0.15) is 32.3 Å². The SMILES string of the molecule is CCC(CO)NC(=O)NCC(CC)Oc1cccc(C)c1. The highest BCUT2D eigenvalue weighted by Crippen LogP contribution is 2.15. The minimum atomic E-state index is -0.276. The summed E-state index contributed by atoms with van der Waals surface area (Å²) in [6, 6.07) is 7.37. The van der Waals surface area contributed by atoms with Gasteiger partial charge in [0.2, 0.25) is 0 Å². The summed E-state index contributed by atoms with van der Waals surface area (Å²) < 4.78 is 5.86. The molecule has 0 aliphatic carbocycles. The molecular weight excluding hydrogens is 268 g/mol. The van der Waals surface area contributed by atoms with Crippen LogP contribution in [-0.4, -0.2) is 36.4 Å². The zero-order valence-electron chi connectivity index (χ0n) is 13.1. The first kappa shape index (κ1) is 17.3. The third-order valence-electron chi connectivity index (χ3n) is 3.29. The molecule has 0 fully saturated rings. The minimum Gasteiger partial charge on any atom is -0.489 e. The van der Waals surface area contributed by atoms with Gasteiger partial charge in [-0.05, 0) is 37.5 Å². The molecule has 0 aromatic heterocycles. The number of rotatable bonds is 8. The van der Waals surface area contributed by atoms with Crippen molar-refractivity contribution < 1.29 is 14.6 Å². The first-order valence-electron chi connectivity index (χ1n) is 7.47. The van der Waals surface area contributed by atoms with Crippen LogP contribution < -0.4 is 15.4 Å². The van der Waals surface area contributed by atoms with Gasteiger partial charge in [0, 0.05) is 0 Å². The van der Waals surface area contributed by atoms with E-state index in [9.17, 15) is 4.79 Å². The largest absolute Gasteiger partial charge is 0.489 e. The van der Waals surface area contributed by atoms with Gasteiger partial charge in [-0.1, -0.05) is 26.0 Å². The third-order valence-corrected chi connectivity index (χ3v) is 3.29. The number of hydrogen-bond acceptors (Lipinski definition) is 3. The van der Waals surface area contributed by atoms with Crippen molar-refractivity contribution >= 4 is 6.03 Å². The molecule has 0 bridgehead atoms. The van der Waals surface area contributed by atoms with E-state index in [1.807, 2.05) is 45.0 Å². The van der Waals surface area contributed by atoms with E-state index in [0.29, 0.717) is 13.0 Å². The molecule has 0 aliphatic rings. The molecule has 0 heterocycles. The first-order chi connectivity index (χ1) is 10.1. The van der Waals surface area contributed by atoms with Crippen molar-refractivity contribution in [2.24, 2.45) is 0 Å². The van der Waals surface area contributed by atoms with Gasteiger partial charge >= 0.3 is 6.03 Å². The zero-order chi connectivity index (χ0) is 15.7. The number of nitrogens with one attached hydrogen (secondary N) is 2. The Morgan fingerprint density at radius 1 is 1.33 bits per heavy atom. The van der Waals surface area contributed by atoms with E-state index >= 15 is 0 Å². The molecule has 21 heavy (non-hydrogen) atoms. The highest BCUT2D eigenvalue weighted by Gasteiger charge is 2.12. The van der Waals surface area contributed by atoms with Gasteiger partial charge in [-0.3, -0.25) is 0 Å². The molecule has 2 unspecified atom stereocenters. The lowest BCUT2D eigenvalue weighted by molar-refractivity contribution is 0.185. The lowest BCUT2D eigenvalue weighted by Gasteiger charge is -2.20. The molecule has 2 amide bonds. The second kappa shape index (κ2) is 9.23. The molecule has 3 N–H and O–H groups in total. The Hall–Kier alpha value is -1.75. The molecule has 5 heteroatoms. The van der Waals surface area contributed by atoms with Crippen LogP contribution in [0.25, 0.3) is 0 Å². The molecule has 118 valence electrons. The van der Waals surface area contributed by atoms with E-state index in [-0.39, 0.29) is 24.8 Å². The average Bonchev–Trinajstić information content (AvgIpc) is 2.49. The van der Waals surface area contributed by atoms with Crippen LogP contribution in [0.5, 0.6) is 5.75 Å². The lowest BCUT2D eigenvalue weighted by atomic mass is 10.2. The van der Waals surface area contributed by atoms with Crippen LogP contribution in [0.2, 0.25) is 0 Å². The first-order valence-corrected chi connectivity index (χ1v) is 7.47. The van der Waals surface area contributed by atoms with Gasteiger partial charge < -0.3 is 20.5 Å². The van der Waals surface area contributed by atoms with Gasteiger partial charge in [-0.15, -0.1) is 0 Å². The number of benzene rings is 1. The smallest absolute Gasteiger partial charge is 0.315 e. The van der Waals surface area contributed by atoms with Crippen molar-refractivity contribution in [3.8, 4) is 5.75 Å². The van der Waals surface area contributed by atoms with E-state index < -0.39 is 0 Å². The van der Waals surface area contributed by atoms with E-state index in [1.54, 1.807) is 0 Å². The molecule has 5 nitrogen and oxygen atoms in total. The number of aryl methyl sites for hydroxylation is 1. The number of aliphatic hydroxyl groups is 1. The Balaban J connectivity index is 2.42. The molecule has 0 radical (unpaired) electrons. The van der Waals surface area contributed by atoms with E-state index in [2.05, 4.69) is 10.6 Å². The second-order valence-electron chi connectivity index (χ2n) is 5.11. The van der Waals surface area contributed by atoms with Gasteiger partial charge in [-0.25, -0.2) is 4.79 Å². The maximum absolute atomic E-state index is 11.7.